The second-order valence-corrected chi connectivity index (χ2v) is 3.20. The van der Waals surface area contributed by atoms with Gasteiger partial charge in [-0.05, 0) is 31.1 Å². The van der Waals surface area contributed by atoms with Crippen molar-refractivity contribution in [1.82, 2.24) is 5.06 Å². The minimum absolute atomic E-state index is 0.0356. The van der Waals surface area contributed by atoms with Crippen LogP contribution in [0.3, 0.4) is 0 Å². The quantitative estimate of drug-likeness (QED) is 0.491. The van der Waals surface area contributed by atoms with Gasteiger partial charge >= 0.3 is 0 Å². The lowest BCUT2D eigenvalue weighted by molar-refractivity contribution is -0.112. The molecular weight excluding hydrogens is 166 g/mol. The lowest BCUT2D eigenvalue weighted by Crippen LogP contribution is -2.12. The number of hydrogen-bond acceptors (Lipinski definition) is 3. The predicted octanol–water partition coefficient (Wildman–Crippen LogP) is 1.67. The molecule has 1 aliphatic rings. The van der Waals surface area contributed by atoms with E-state index in [9.17, 15) is 4.79 Å². The number of hydrogen-bond donors (Lipinski definition) is 1. The SMILES string of the molecule is CC1=CC(=CN(C)O)C(=O)C(C)=C1. The highest BCUT2D eigenvalue weighted by molar-refractivity contribution is 6.11. The van der Waals surface area contributed by atoms with Crippen LogP contribution in [0, 0.1) is 0 Å². The van der Waals surface area contributed by atoms with Crippen molar-refractivity contribution in [3.8, 4) is 0 Å². The summed E-state index contributed by atoms with van der Waals surface area (Å²) in [6, 6.07) is 0. The molecule has 3 nitrogen and oxygen atoms in total. The Morgan fingerprint density at radius 1 is 1.38 bits per heavy atom. The van der Waals surface area contributed by atoms with Crippen LogP contribution in [0.1, 0.15) is 13.8 Å². The van der Waals surface area contributed by atoms with Crippen LogP contribution in [0.15, 0.2) is 35.1 Å². The Kier molecular flexibility index (Phi) is 2.68. The molecule has 0 atom stereocenters. The minimum Gasteiger partial charge on any atom is -0.289 e. The van der Waals surface area contributed by atoms with Gasteiger partial charge in [-0.3, -0.25) is 15.1 Å². The molecule has 0 aromatic carbocycles. The first-order valence-electron chi connectivity index (χ1n) is 4.05. The average Bonchev–Trinajstić information content (AvgIpc) is 1.98. The minimum atomic E-state index is -0.0356. The molecule has 1 rings (SSSR count). The van der Waals surface area contributed by atoms with Crippen molar-refractivity contribution >= 4 is 5.78 Å². The highest BCUT2D eigenvalue weighted by Gasteiger charge is 2.14. The number of rotatable bonds is 1. The number of carbonyl (C=O) groups is 1. The normalized spacial score (nSPS) is 20.0. The first kappa shape index (κ1) is 9.74. The average molecular weight is 179 g/mol. The molecule has 13 heavy (non-hydrogen) atoms. The van der Waals surface area contributed by atoms with Crippen molar-refractivity contribution in [2.75, 3.05) is 7.05 Å². The third kappa shape index (κ3) is 2.29. The van der Waals surface area contributed by atoms with E-state index in [0.29, 0.717) is 11.1 Å². The maximum absolute atomic E-state index is 11.5. The largest absolute Gasteiger partial charge is 0.289 e. The standard InChI is InChI=1S/C10H13NO2/c1-7-4-8(2)10(12)9(5-7)6-11(3)13/h4-6,13H,1-3H3. The fourth-order valence-electron chi connectivity index (χ4n) is 1.28. The second kappa shape index (κ2) is 3.58. The number of ketones is 1. The van der Waals surface area contributed by atoms with E-state index in [2.05, 4.69) is 0 Å². The molecular formula is C10H13NO2. The molecule has 1 aliphatic carbocycles. The zero-order chi connectivity index (χ0) is 10.0. The van der Waals surface area contributed by atoms with Crippen LogP contribution in [-0.2, 0) is 4.79 Å². The van der Waals surface area contributed by atoms with E-state index in [0.717, 1.165) is 10.6 Å². The molecule has 0 heterocycles. The maximum Gasteiger partial charge on any atom is 0.190 e. The van der Waals surface area contributed by atoms with Gasteiger partial charge in [-0.15, -0.1) is 0 Å². The summed E-state index contributed by atoms with van der Waals surface area (Å²) in [5, 5.41) is 9.84. The van der Waals surface area contributed by atoms with Gasteiger partial charge in [0.2, 0.25) is 0 Å². The van der Waals surface area contributed by atoms with E-state index >= 15 is 0 Å². The number of Topliss-reactive ketones (excluding diaryl/α,β-unsaturated/α-hetero) is 1. The van der Waals surface area contributed by atoms with E-state index in [1.807, 2.05) is 13.0 Å². The Morgan fingerprint density at radius 2 is 2.00 bits per heavy atom. The zero-order valence-corrected chi connectivity index (χ0v) is 8.03. The van der Waals surface area contributed by atoms with Gasteiger partial charge in [0.25, 0.3) is 0 Å². The molecule has 0 saturated carbocycles. The van der Waals surface area contributed by atoms with Crippen LogP contribution in [0.25, 0.3) is 0 Å². The molecule has 1 N–H and O–H groups in total. The van der Waals surface area contributed by atoms with Gasteiger partial charge in [0.1, 0.15) is 0 Å². The number of allylic oxidation sites excluding steroid dienone is 5. The van der Waals surface area contributed by atoms with Gasteiger partial charge in [0.05, 0.1) is 0 Å². The lowest BCUT2D eigenvalue weighted by Gasteiger charge is -2.11. The highest BCUT2D eigenvalue weighted by atomic mass is 16.5. The summed E-state index contributed by atoms with van der Waals surface area (Å²) in [5.41, 5.74) is 2.24. The molecule has 0 aromatic rings. The van der Waals surface area contributed by atoms with Crippen molar-refractivity contribution in [1.29, 1.82) is 0 Å². The van der Waals surface area contributed by atoms with Crippen molar-refractivity contribution in [3.05, 3.63) is 35.1 Å². The molecule has 70 valence electrons. The van der Waals surface area contributed by atoms with Crippen LogP contribution < -0.4 is 0 Å². The molecule has 0 spiro atoms. The van der Waals surface area contributed by atoms with Gasteiger partial charge in [-0.1, -0.05) is 6.08 Å². The van der Waals surface area contributed by atoms with Crippen LogP contribution in [0.4, 0.5) is 0 Å². The Bertz CT molecular complexity index is 322. The molecule has 0 radical (unpaired) electrons. The van der Waals surface area contributed by atoms with E-state index in [-0.39, 0.29) is 5.78 Å². The Labute approximate surface area is 77.6 Å². The number of hydroxylamine groups is 2. The molecule has 0 bridgehead atoms. The summed E-state index contributed by atoms with van der Waals surface area (Å²) in [4.78, 5) is 11.5. The Hall–Kier alpha value is -1.35. The summed E-state index contributed by atoms with van der Waals surface area (Å²) in [6.45, 7) is 3.69. The molecule has 0 unspecified atom stereocenters. The summed E-state index contributed by atoms with van der Waals surface area (Å²) >= 11 is 0. The van der Waals surface area contributed by atoms with Crippen LogP contribution in [0.5, 0.6) is 0 Å². The third-order valence-electron chi connectivity index (χ3n) is 1.77. The number of nitrogens with zero attached hydrogens (tertiary/aromatic N) is 1. The Balaban J connectivity index is 3.03. The van der Waals surface area contributed by atoms with Crippen molar-refractivity contribution in [3.63, 3.8) is 0 Å². The van der Waals surface area contributed by atoms with E-state index in [1.165, 1.54) is 13.2 Å². The molecule has 0 saturated heterocycles. The summed E-state index contributed by atoms with van der Waals surface area (Å²) < 4.78 is 0. The van der Waals surface area contributed by atoms with Crippen molar-refractivity contribution in [2.45, 2.75) is 13.8 Å². The van der Waals surface area contributed by atoms with Crippen LogP contribution in [-0.4, -0.2) is 23.1 Å². The number of carbonyl (C=O) groups excluding carboxylic acids is 1. The van der Waals surface area contributed by atoms with Gasteiger partial charge in [0.15, 0.2) is 5.78 Å². The third-order valence-corrected chi connectivity index (χ3v) is 1.77. The van der Waals surface area contributed by atoms with Gasteiger partial charge in [0, 0.05) is 18.8 Å². The van der Waals surface area contributed by atoms with Gasteiger partial charge in [-0.25, -0.2) is 0 Å². The lowest BCUT2D eigenvalue weighted by atomic mass is 9.96. The zero-order valence-electron chi connectivity index (χ0n) is 8.03. The topological polar surface area (TPSA) is 40.5 Å². The summed E-state index contributed by atoms with van der Waals surface area (Å²) in [7, 11) is 1.47. The molecule has 3 heteroatoms. The highest BCUT2D eigenvalue weighted by Crippen LogP contribution is 2.18. The summed E-state index contributed by atoms with van der Waals surface area (Å²) in [6.07, 6.45) is 4.99. The predicted molar refractivity (Wildman–Crippen MR) is 50.2 cm³/mol. The van der Waals surface area contributed by atoms with E-state index in [1.54, 1.807) is 13.0 Å². The molecule has 0 fully saturated rings. The smallest absolute Gasteiger partial charge is 0.190 e. The Morgan fingerprint density at radius 3 is 2.54 bits per heavy atom. The first-order chi connectivity index (χ1) is 6.00. The molecule has 0 aliphatic heterocycles. The monoisotopic (exact) mass is 179 g/mol. The van der Waals surface area contributed by atoms with Crippen molar-refractivity contribution in [2.24, 2.45) is 0 Å². The second-order valence-electron chi connectivity index (χ2n) is 3.20. The first-order valence-corrected chi connectivity index (χ1v) is 4.05. The summed E-state index contributed by atoms with van der Waals surface area (Å²) in [5.74, 6) is -0.0356. The molecule has 0 aromatic heterocycles. The fourth-order valence-corrected chi connectivity index (χ4v) is 1.28. The molecule has 0 amide bonds. The fraction of sp³-hybridized carbons (Fsp3) is 0.300. The van der Waals surface area contributed by atoms with Crippen molar-refractivity contribution < 1.29 is 10.0 Å². The van der Waals surface area contributed by atoms with E-state index < -0.39 is 0 Å². The van der Waals surface area contributed by atoms with Crippen LogP contribution in [0.2, 0.25) is 0 Å². The van der Waals surface area contributed by atoms with E-state index in [4.69, 9.17) is 5.21 Å². The van der Waals surface area contributed by atoms with Crippen LogP contribution >= 0.6 is 0 Å². The van der Waals surface area contributed by atoms with Gasteiger partial charge in [-0.2, -0.15) is 0 Å². The van der Waals surface area contributed by atoms with Gasteiger partial charge < -0.3 is 0 Å². The maximum atomic E-state index is 11.5.